The number of nitrogens with one attached hydrogen (secondary N) is 3. The van der Waals surface area contributed by atoms with Crippen molar-refractivity contribution < 1.29 is 18.7 Å². The van der Waals surface area contributed by atoms with E-state index in [2.05, 4.69) is 25.5 Å². The number of alkyl carbamates (subject to hydrolysis) is 1. The number of aromatic nitrogens is 2. The van der Waals surface area contributed by atoms with Gasteiger partial charge in [0.05, 0.1) is 18.2 Å². The van der Waals surface area contributed by atoms with Gasteiger partial charge in [-0.25, -0.2) is 14.2 Å². The minimum absolute atomic E-state index is 0.0213. The first kappa shape index (κ1) is 27.2. The molecule has 1 aliphatic carbocycles. The Balaban J connectivity index is 1.54. The average molecular weight is 523 g/mol. The van der Waals surface area contributed by atoms with E-state index in [9.17, 15) is 10.1 Å². The van der Waals surface area contributed by atoms with Crippen molar-refractivity contribution in [2.45, 2.75) is 64.8 Å². The molecule has 1 fully saturated rings. The number of rotatable bonds is 10. The van der Waals surface area contributed by atoms with Gasteiger partial charge in [0.15, 0.2) is 17.5 Å². The molecule has 0 spiro atoms. The topological polar surface area (TPSA) is 113 Å². The number of fused-ring (bicyclic) bond motifs is 1. The molecule has 202 valence electrons. The lowest BCUT2D eigenvalue weighted by Crippen LogP contribution is -2.47. The number of hydrogen-bond acceptors (Lipinski definition) is 7. The van der Waals surface area contributed by atoms with Gasteiger partial charge in [0, 0.05) is 42.5 Å². The summed E-state index contributed by atoms with van der Waals surface area (Å²) in [5.41, 5.74) is 1.25. The van der Waals surface area contributed by atoms with Crippen molar-refractivity contribution in [1.82, 2.24) is 14.9 Å². The molecule has 1 aromatic carbocycles. The third-order valence-electron chi connectivity index (χ3n) is 6.38. The molecule has 38 heavy (non-hydrogen) atoms. The first-order valence-corrected chi connectivity index (χ1v) is 12.8. The van der Waals surface area contributed by atoms with E-state index in [1.54, 1.807) is 27.9 Å². The number of amides is 1. The number of nitrogens with zero attached hydrogens (tertiary/aromatic N) is 3. The molecule has 9 nitrogen and oxygen atoms in total. The highest BCUT2D eigenvalue weighted by atomic mass is 19.1. The lowest BCUT2D eigenvalue weighted by Gasteiger charge is -2.28. The maximum Gasteiger partial charge on any atom is 0.407 e. The highest BCUT2D eigenvalue weighted by molar-refractivity contribution is 5.85. The molecule has 1 aliphatic rings. The number of pyridine rings is 1. The molecule has 0 saturated heterocycles. The molecule has 2 heterocycles. The Labute approximate surface area is 222 Å². The zero-order valence-electron chi connectivity index (χ0n) is 22.5. The standard InChI is InChI=1S/C28H35FN6O3/c1-17(31-27(36)38-28(2,3)4)24(18-6-7-18)33-26-22(29)15-20(16-30)25(34-26)32-21-8-9-23-19(14-21)10-11-35(23)12-13-37-5/h8-11,14-15,17-18,24H,6-7,12-13H2,1-5H3,(H,31,36)(H2,32,33,34)/t17-,24-/m0/s1. The van der Waals surface area contributed by atoms with Crippen molar-refractivity contribution in [2.75, 3.05) is 24.4 Å². The fourth-order valence-corrected chi connectivity index (χ4v) is 4.42. The summed E-state index contributed by atoms with van der Waals surface area (Å²) >= 11 is 0. The summed E-state index contributed by atoms with van der Waals surface area (Å²) in [7, 11) is 1.67. The zero-order chi connectivity index (χ0) is 27.4. The Morgan fingerprint density at radius 1 is 1.26 bits per heavy atom. The van der Waals surface area contributed by atoms with Gasteiger partial charge in [0.2, 0.25) is 0 Å². The van der Waals surface area contributed by atoms with Gasteiger partial charge in [0.1, 0.15) is 11.7 Å². The number of hydrogen-bond donors (Lipinski definition) is 3. The van der Waals surface area contributed by atoms with Crippen LogP contribution in [-0.2, 0) is 16.0 Å². The second-order valence-corrected chi connectivity index (χ2v) is 10.7. The van der Waals surface area contributed by atoms with E-state index in [0.29, 0.717) is 6.61 Å². The van der Waals surface area contributed by atoms with Gasteiger partial charge in [-0.2, -0.15) is 5.26 Å². The van der Waals surface area contributed by atoms with Gasteiger partial charge in [-0.15, -0.1) is 0 Å². The quantitative estimate of drug-likeness (QED) is 0.320. The van der Waals surface area contributed by atoms with E-state index < -0.39 is 17.5 Å². The van der Waals surface area contributed by atoms with Crippen molar-refractivity contribution in [2.24, 2.45) is 5.92 Å². The van der Waals surface area contributed by atoms with Gasteiger partial charge in [-0.1, -0.05) is 0 Å². The third-order valence-corrected chi connectivity index (χ3v) is 6.38. The number of halogens is 1. The summed E-state index contributed by atoms with van der Waals surface area (Å²) in [5, 5.41) is 19.9. The Bertz CT molecular complexity index is 1340. The van der Waals surface area contributed by atoms with Gasteiger partial charge in [-0.3, -0.25) is 0 Å². The number of carbonyl (C=O) groups is 1. The molecule has 1 saturated carbocycles. The Kier molecular flexibility index (Phi) is 8.07. The summed E-state index contributed by atoms with van der Waals surface area (Å²) in [4.78, 5) is 16.8. The number of benzene rings is 1. The van der Waals surface area contributed by atoms with Crippen LogP contribution in [0.15, 0.2) is 36.5 Å². The molecule has 3 aromatic rings. The first-order chi connectivity index (χ1) is 18.1. The van der Waals surface area contributed by atoms with Crippen LogP contribution in [0.3, 0.4) is 0 Å². The lowest BCUT2D eigenvalue weighted by molar-refractivity contribution is 0.0501. The second kappa shape index (κ2) is 11.3. The summed E-state index contributed by atoms with van der Waals surface area (Å²) in [6.45, 7) is 8.60. The predicted octanol–water partition coefficient (Wildman–Crippen LogP) is 5.54. The van der Waals surface area contributed by atoms with Crippen LogP contribution in [0.5, 0.6) is 0 Å². The number of ether oxygens (including phenoxy) is 2. The van der Waals surface area contributed by atoms with Crippen molar-refractivity contribution in [3.63, 3.8) is 0 Å². The summed E-state index contributed by atoms with van der Waals surface area (Å²) in [5.74, 6) is -0.101. The van der Waals surface area contributed by atoms with Crippen LogP contribution in [0, 0.1) is 23.1 Å². The molecule has 2 atom stereocenters. The SMILES string of the molecule is COCCn1ccc2cc(Nc3nc(N[C@H](C4CC4)[C@H](C)NC(=O)OC(C)(C)C)c(F)cc3C#N)ccc21. The van der Waals surface area contributed by atoms with Crippen molar-refractivity contribution in [3.05, 3.63) is 47.9 Å². The monoisotopic (exact) mass is 522 g/mol. The zero-order valence-corrected chi connectivity index (χ0v) is 22.5. The number of anilines is 3. The molecule has 0 radical (unpaired) electrons. The van der Waals surface area contributed by atoms with Gasteiger partial charge < -0.3 is 30.0 Å². The van der Waals surface area contributed by atoms with E-state index in [4.69, 9.17) is 9.47 Å². The summed E-state index contributed by atoms with van der Waals surface area (Å²) in [6, 6.07) is 10.4. The van der Waals surface area contributed by atoms with Gasteiger partial charge in [-0.05, 0) is 76.8 Å². The average Bonchev–Trinajstić information content (AvgIpc) is 3.61. The van der Waals surface area contributed by atoms with Crippen LogP contribution in [0.25, 0.3) is 10.9 Å². The lowest BCUT2D eigenvalue weighted by atomic mass is 10.0. The maximum absolute atomic E-state index is 15.0. The summed E-state index contributed by atoms with van der Waals surface area (Å²) in [6.07, 6.45) is 3.40. The van der Waals surface area contributed by atoms with E-state index in [0.717, 1.165) is 36.0 Å². The van der Waals surface area contributed by atoms with Gasteiger partial charge >= 0.3 is 6.09 Å². The van der Waals surface area contributed by atoms with Crippen molar-refractivity contribution in [1.29, 1.82) is 5.26 Å². The molecule has 3 N–H and O–H groups in total. The van der Waals surface area contributed by atoms with E-state index in [1.165, 1.54) is 6.07 Å². The number of nitriles is 1. The molecule has 10 heteroatoms. The molecular formula is C28H35FN6O3. The van der Waals surface area contributed by atoms with Crippen LogP contribution in [0.2, 0.25) is 0 Å². The van der Waals surface area contributed by atoms with Crippen molar-refractivity contribution in [3.8, 4) is 6.07 Å². The molecule has 4 rings (SSSR count). The normalized spacial score (nSPS) is 15.0. The van der Waals surface area contributed by atoms with Crippen LogP contribution in [-0.4, -0.2) is 47.0 Å². The van der Waals surface area contributed by atoms with E-state index in [1.807, 2.05) is 43.5 Å². The molecule has 1 amide bonds. The molecule has 2 aromatic heterocycles. The minimum atomic E-state index is -0.632. The number of carbonyl (C=O) groups excluding carboxylic acids is 1. The fraction of sp³-hybridized carbons (Fsp3) is 0.464. The van der Waals surface area contributed by atoms with Gasteiger partial charge in [0.25, 0.3) is 0 Å². The predicted molar refractivity (Wildman–Crippen MR) is 145 cm³/mol. The van der Waals surface area contributed by atoms with E-state index in [-0.39, 0.29) is 35.2 Å². The first-order valence-electron chi connectivity index (χ1n) is 12.8. The maximum atomic E-state index is 15.0. The fourth-order valence-electron chi connectivity index (χ4n) is 4.42. The third kappa shape index (κ3) is 6.72. The summed E-state index contributed by atoms with van der Waals surface area (Å²) < 4.78 is 27.7. The largest absolute Gasteiger partial charge is 0.444 e. The van der Waals surface area contributed by atoms with Crippen LogP contribution < -0.4 is 16.0 Å². The Hall–Kier alpha value is -3.84. The minimum Gasteiger partial charge on any atom is -0.444 e. The van der Waals surface area contributed by atoms with Crippen LogP contribution in [0.4, 0.5) is 26.5 Å². The number of methoxy groups -OCH3 is 1. The molecular weight excluding hydrogens is 487 g/mol. The Morgan fingerprint density at radius 3 is 2.68 bits per heavy atom. The molecule has 0 unspecified atom stereocenters. The highest BCUT2D eigenvalue weighted by Gasteiger charge is 2.37. The smallest absolute Gasteiger partial charge is 0.407 e. The van der Waals surface area contributed by atoms with Crippen molar-refractivity contribution >= 4 is 34.3 Å². The second-order valence-electron chi connectivity index (χ2n) is 10.7. The molecule has 0 aliphatic heterocycles. The Morgan fingerprint density at radius 2 is 2.03 bits per heavy atom. The highest BCUT2D eigenvalue weighted by Crippen LogP contribution is 2.36. The van der Waals surface area contributed by atoms with E-state index >= 15 is 4.39 Å². The van der Waals surface area contributed by atoms with Crippen LogP contribution >= 0.6 is 0 Å². The van der Waals surface area contributed by atoms with Crippen LogP contribution in [0.1, 0.15) is 46.1 Å². The molecule has 0 bridgehead atoms.